The van der Waals surface area contributed by atoms with Gasteiger partial charge in [0, 0.05) is 6.07 Å². The van der Waals surface area contributed by atoms with Crippen molar-refractivity contribution in [3.63, 3.8) is 0 Å². The van der Waals surface area contributed by atoms with Crippen molar-refractivity contribution in [2.24, 2.45) is 10.7 Å². The van der Waals surface area contributed by atoms with Crippen LogP contribution in [0.25, 0.3) is 0 Å². The molecule has 1 atom stereocenters. The molecule has 1 unspecified atom stereocenters. The molecule has 0 aliphatic heterocycles. The first kappa shape index (κ1) is 19.8. The van der Waals surface area contributed by atoms with Crippen LogP contribution in [-0.2, 0) is 0 Å². The number of nitrogens with zero attached hydrogens (tertiary/aromatic N) is 2. The number of hydrogen-bond donors (Lipinski definition) is 1. The maximum atomic E-state index is 13.5. The van der Waals surface area contributed by atoms with E-state index in [1.54, 1.807) is 6.92 Å². The Balaban J connectivity index is 0.00000288. The summed E-state index contributed by atoms with van der Waals surface area (Å²) in [5.41, 5.74) is 6.52. The summed E-state index contributed by atoms with van der Waals surface area (Å²) >= 11 is 5.79. The summed E-state index contributed by atoms with van der Waals surface area (Å²) in [5.74, 6) is -0.0348. The molecule has 0 fully saturated rings. The van der Waals surface area contributed by atoms with Gasteiger partial charge in [-0.05, 0) is 18.6 Å². The third-order valence-corrected chi connectivity index (χ3v) is 3.38. The molecule has 0 aromatic heterocycles. The first-order chi connectivity index (χ1) is 11.0. The highest BCUT2D eigenvalue weighted by Gasteiger charge is 2.17. The fourth-order valence-corrected chi connectivity index (χ4v) is 2.13. The van der Waals surface area contributed by atoms with Gasteiger partial charge in [0.25, 0.3) is 0 Å². The molecule has 0 radical (unpaired) electrons. The summed E-state index contributed by atoms with van der Waals surface area (Å²) in [5, 5.41) is 9.04. The minimum Gasteiger partial charge on any atom is -0.482 e. The smallest absolute Gasteiger partial charge is 0.143 e. The molecule has 2 rings (SSSR count). The summed E-state index contributed by atoms with van der Waals surface area (Å²) in [6, 6.07) is 13.6. The van der Waals surface area contributed by atoms with Crippen LogP contribution in [0.4, 0.5) is 4.39 Å². The molecule has 0 aliphatic carbocycles. The van der Waals surface area contributed by atoms with E-state index in [2.05, 4.69) is 4.99 Å². The highest BCUT2D eigenvalue weighted by atomic mass is 35.5. The van der Waals surface area contributed by atoms with E-state index in [1.807, 2.05) is 36.4 Å². The Labute approximate surface area is 151 Å². The number of halogens is 3. The van der Waals surface area contributed by atoms with Crippen molar-refractivity contribution >= 4 is 29.8 Å². The first-order valence-corrected chi connectivity index (χ1v) is 7.26. The third kappa shape index (κ3) is 5.12. The number of amidine groups is 1. The molecule has 2 N–H and O–H groups in total. The van der Waals surface area contributed by atoms with Gasteiger partial charge >= 0.3 is 0 Å². The number of benzene rings is 2. The van der Waals surface area contributed by atoms with E-state index < -0.39 is 11.9 Å². The Morgan fingerprint density at radius 1 is 1.38 bits per heavy atom. The number of nitriles is 1. The molecule has 0 aliphatic rings. The van der Waals surface area contributed by atoms with Crippen molar-refractivity contribution in [3.8, 4) is 11.8 Å². The van der Waals surface area contributed by atoms with E-state index in [0.717, 1.165) is 11.6 Å². The highest BCUT2D eigenvalue weighted by Crippen LogP contribution is 2.30. The minimum absolute atomic E-state index is 0. The highest BCUT2D eigenvalue weighted by molar-refractivity contribution is 6.30. The molecule has 0 saturated carbocycles. The van der Waals surface area contributed by atoms with Gasteiger partial charge in [-0.15, -0.1) is 12.4 Å². The lowest BCUT2D eigenvalue weighted by Crippen LogP contribution is -2.15. The van der Waals surface area contributed by atoms with Gasteiger partial charge < -0.3 is 10.5 Å². The lowest BCUT2D eigenvalue weighted by atomic mass is 10.1. The summed E-state index contributed by atoms with van der Waals surface area (Å²) in [7, 11) is 0. The van der Waals surface area contributed by atoms with Gasteiger partial charge in [-0.25, -0.2) is 4.39 Å². The number of hydrogen-bond acceptors (Lipinski definition) is 3. The topological polar surface area (TPSA) is 71.4 Å². The molecule has 4 nitrogen and oxygen atoms in total. The fourth-order valence-electron chi connectivity index (χ4n) is 1.97. The van der Waals surface area contributed by atoms with Crippen LogP contribution in [0.5, 0.6) is 5.75 Å². The maximum absolute atomic E-state index is 13.5. The van der Waals surface area contributed by atoms with Crippen molar-refractivity contribution in [2.75, 3.05) is 6.54 Å². The van der Waals surface area contributed by atoms with Crippen molar-refractivity contribution < 1.29 is 9.13 Å². The van der Waals surface area contributed by atoms with Crippen LogP contribution in [0.3, 0.4) is 0 Å². The SMILES string of the molecule is CC(N)=NCC(Oc1cc(Cl)c(F)cc1C#N)c1ccccc1.Cl. The molecule has 7 heteroatoms. The van der Waals surface area contributed by atoms with Gasteiger partial charge in [0.15, 0.2) is 0 Å². The molecular weight excluding hydrogens is 352 g/mol. The third-order valence-electron chi connectivity index (χ3n) is 3.09. The second-order valence-corrected chi connectivity index (χ2v) is 5.28. The van der Waals surface area contributed by atoms with Crippen LogP contribution < -0.4 is 10.5 Å². The average Bonchev–Trinajstić information content (AvgIpc) is 2.55. The fraction of sp³-hybridized carbons (Fsp3) is 0.176. The van der Waals surface area contributed by atoms with Crippen LogP contribution in [0.2, 0.25) is 5.02 Å². The van der Waals surface area contributed by atoms with Crippen molar-refractivity contribution in [3.05, 3.63) is 64.4 Å². The predicted octanol–water partition coefficient (Wildman–Crippen LogP) is 4.27. The molecule has 0 bridgehead atoms. The number of ether oxygens (including phenoxy) is 1. The molecule has 0 amide bonds. The van der Waals surface area contributed by atoms with E-state index in [-0.39, 0.29) is 35.3 Å². The first-order valence-electron chi connectivity index (χ1n) is 6.88. The number of nitrogens with two attached hydrogens (primary N) is 1. The van der Waals surface area contributed by atoms with Crippen LogP contribution in [0.1, 0.15) is 24.2 Å². The second-order valence-electron chi connectivity index (χ2n) is 4.87. The summed E-state index contributed by atoms with van der Waals surface area (Å²) in [6.07, 6.45) is -0.469. The molecule has 0 saturated heterocycles. The van der Waals surface area contributed by atoms with Crippen LogP contribution in [0.15, 0.2) is 47.5 Å². The van der Waals surface area contributed by atoms with E-state index in [1.165, 1.54) is 6.07 Å². The lowest BCUT2D eigenvalue weighted by molar-refractivity contribution is 0.214. The molecule has 2 aromatic rings. The molecule has 126 valence electrons. The van der Waals surface area contributed by atoms with Gasteiger partial charge in [0.2, 0.25) is 0 Å². The number of aliphatic imine (C=N–C) groups is 1. The standard InChI is InChI=1S/C17H15ClFN3O.ClH/c1-11(21)22-10-17(12-5-3-2-4-6-12)23-16-8-14(18)15(19)7-13(16)9-20;/h2-8,17H,10H2,1H3,(H2,21,22);1H. The quantitative estimate of drug-likeness (QED) is 0.633. The van der Waals surface area contributed by atoms with Gasteiger partial charge in [-0.2, -0.15) is 5.26 Å². The number of rotatable bonds is 5. The molecule has 2 aromatic carbocycles. The van der Waals surface area contributed by atoms with Crippen molar-refractivity contribution in [1.29, 1.82) is 5.26 Å². The monoisotopic (exact) mass is 367 g/mol. The van der Waals surface area contributed by atoms with Gasteiger partial charge in [0.05, 0.1) is 23.0 Å². The largest absolute Gasteiger partial charge is 0.482 e. The Kier molecular flexibility index (Phi) is 7.50. The zero-order valence-corrected chi connectivity index (χ0v) is 14.4. The Bertz CT molecular complexity index is 756. The average molecular weight is 368 g/mol. The maximum Gasteiger partial charge on any atom is 0.143 e. The van der Waals surface area contributed by atoms with Crippen LogP contribution in [0, 0.1) is 17.1 Å². The van der Waals surface area contributed by atoms with Crippen LogP contribution in [-0.4, -0.2) is 12.4 Å². The van der Waals surface area contributed by atoms with E-state index >= 15 is 0 Å². The molecule has 0 spiro atoms. The molecule has 0 heterocycles. The molecular formula is C17H16Cl2FN3O. The summed E-state index contributed by atoms with van der Waals surface area (Å²) < 4.78 is 19.4. The van der Waals surface area contributed by atoms with E-state index in [9.17, 15) is 4.39 Å². The van der Waals surface area contributed by atoms with Gasteiger partial charge in [0.1, 0.15) is 23.7 Å². The van der Waals surface area contributed by atoms with Crippen molar-refractivity contribution in [1.82, 2.24) is 0 Å². The zero-order chi connectivity index (χ0) is 16.8. The van der Waals surface area contributed by atoms with Gasteiger partial charge in [-0.3, -0.25) is 4.99 Å². The Hall–Kier alpha value is -2.29. The lowest BCUT2D eigenvalue weighted by Gasteiger charge is -2.19. The molecule has 24 heavy (non-hydrogen) atoms. The second kappa shape index (κ2) is 9.11. The normalized spacial score (nSPS) is 12.0. The van der Waals surface area contributed by atoms with E-state index in [0.29, 0.717) is 5.84 Å². The Morgan fingerprint density at radius 3 is 2.62 bits per heavy atom. The summed E-state index contributed by atoms with van der Waals surface area (Å²) in [4.78, 5) is 4.17. The zero-order valence-electron chi connectivity index (χ0n) is 12.9. The van der Waals surface area contributed by atoms with Gasteiger partial charge in [-0.1, -0.05) is 41.9 Å². The van der Waals surface area contributed by atoms with Crippen molar-refractivity contribution in [2.45, 2.75) is 13.0 Å². The van der Waals surface area contributed by atoms with E-state index in [4.69, 9.17) is 27.3 Å². The predicted molar refractivity (Wildman–Crippen MR) is 95.3 cm³/mol. The van der Waals surface area contributed by atoms with Crippen LogP contribution >= 0.6 is 24.0 Å². The summed E-state index contributed by atoms with van der Waals surface area (Å²) in [6.45, 7) is 1.95. The minimum atomic E-state index is -0.664. The Morgan fingerprint density at radius 2 is 2.04 bits per heavy atom.